The van der Waals surface area contributed by atoms with Crippen LogP contribution in [0.1, 0.15) is 30.3 Å². The van der Waals surface area contributed by atoms with E-state index < -0.39 is 17.4 Å². The maximum atomic E-state index is 12.3. The Labute approximate surface area is 125 Å². The predicted octanol–water partition coefficient (Wildman–Crippen LogP) is 1.63. The molecule has 1 unspecified atom stereocenters. The van der Waals surface area contributed by atoms with E-state index in [0.717, 1.165) is 10.9 Å². The highest BCUT2D eigenvalue weighted by atomic mass is 79.9. The van der Waals surface area contributed by atoms with Crippen LogP contribution in [0.2, 0.25) is 0 Å². The van der Waals surface area contributed by atoms with Crippen LogP contribution in [0.5, 0.6) is 0 Å². The van der Waals surface area contributed by atoms with Crippen LogP contribution in [-0.2, 0) is 16.1 Å². The standard InChI is InChI=1S/C13H17BrN2O4/c1-2-4-16-7-9(14)6-10(16)11(17)15-13(12(18)19)3-5-20-8-13/h6-7H,2-5,8H2,1H3,(H,15,17)(H,18,19). The van der Waals surface area contributed by atoms with Crippen molar-refractivity contribution < 1.29 is 19.4 Å². The molecule has 0 aromatic carbocycles. The lowest BCUT2D eigenvalue weighted by molar-refractivity contribution is -0.144. The monoisotopic (exact) mass is 344 g/mol. The van der Waals surface area contributed by atoms with Crippen LogP contribution < -0.4 is 5.32 Å². The second-order valence-electron chi connectivity index (χ2n) is 4.88. The van der Waals surface area contributed by atoms with Crippen molar-refractivity contribution in [2.45, 2.75) is 31.8 Å². The van der Waals surface area contributed by atoms with E-state index in [-0.39, 0.29) is 13.0 Å². The van der Waals surface area contributed by atoms with Gasteiger partial charge in [-0.3, -0.25) is 4.79 Å². The number of hydrogen-bond donors (Lipinski definition) is 2. The number of nitrogens with one attached hydrogen (secondary N) is 1. The van der Waals surface area contributed by atoms with Crippen molar-refractivity contribution in [1.82, 2.24) is 9.88 Å². The summed E-state index contributed by atoms with van der Waals surface area (Å²) >= 11 is 3.33. The van der Waals surface area contributed by atoms with Gasteiger partial charge in [0, 0.05) is 30.2 Å². The van der Waals surface area contributed by atoms with E-state index in [0.29, 0.717) is 18.8 Å². The minimum Gasteiger partial charge on any atom is -0.479 e. The summed E-state index contributed by atoms with van der Waals surface area (Å²) in [4.78, 5) is 23.7. The SMILES string of the molecule is CCCn1cc(Br)cc1C(=O)NC1(C(=O)O)CCOC1. The van der Waals surface area contributed by atoms with Crippen molar-refractivity contribution in [2.75, 3.05) is 13.2 Å². The Balaban J connectivity index is 2.21. The third-order valence-corrected chi connectivity index (χ3v) is 3.78. The molecule has 0 saturated carbocycles. The number of carbonyl (C=O) groups excluding carboxylic acids is 1. The Morgan fingerprint density at radius 1 is 1.60 bits per heavy atom. The lowest BCUT2D eigenvalue weighted by Crippen LogP contribution is -2.55. The number of rotatable bonds is 5. The van der Waals surface area contributed by atoms with E-state index >= 15 is 0 Å². The minimum atomic E-state index is -1.31. The number of carboxylic acids is 1. The minimum absolute atomic E-state index is 0.00370. The number of aryl methyl sites for hydroxylation is 1. The topological polar surface area (TPSA) is 80.6 Å². The number of amides is 1. The van der Waals surface area contributed by atoms with Gasteiger partial charge in [0.2, 0.25) is 0 Å². The summed E-state index contributed by atoms with van der Waals surface area (Å²) in [6.07, 6.45) is 2.98. The first-order chi connectivity index (χ1) is 9.48. The van der Waals surface area contributed by atoms with Crippen LogP contribution in [-0.4, -0.2) is 40.3 Å². The summed E-state index contributed by atoms with van der Waals surface area (Å²) in [6, 6.07) is 1.69. The van der Waals surface area contributed by atoms with Gasteiger partial charge in [0.25, 0.3) is 5.91 Å². The van der Waals surface area contributed by atoms with Gasteiger partial charge >= 0.3 is 5.97 Å². The summed E-state index contributed by atoms with van der Waals surface area (Å²) in [5.74, 6) is -1.45. The molecule has 2 heterocycles. The van der Waals surface area contributed by atoms with Crippen LogP contribution in [0.15, 0.2) is 16.7 Å². The number of aromatic nitrogens is 1. The Kier molecular flexibility index (Phi) is 4.49. The quantitative estimate of drug-likeness (QED) is 0.850. The zero-order chi connectivity index (χ0) is 14.8. The molecular formula is C13H17BrN2O4. The molecule has 1 aromatic rings. The number of halogens is 1. The molecule has 0 spiro atoms. The highest BCUT2D eigenvalue weighted by Gasteiger charge is 2.44. The zero-order valence-electron chi connectivity index (χ0n) is 11.2. The number of ether oxygens (including phenoxy) is 1. The van der Waals surface area contributed by atoms with Gasteiger partial charge in [0.05, 0.1) is 6.61 Å². The number of carbonyl (C=O) groups is 2. The van der Waals surface area contributed by atoms with Crippen molar-refractivity contribution in [3.8, 4) is 0 Å². The lowest BCUT2D eigenvalue weighted by Gasteiger charge is -2.24. The summed E-state index contributed by atoms with van der Waals surface area (Å²) in [7, 11) is 0. The maximum Gasteiger partial charge on any atom is 0.331 e. The zero-order valence-corrected chi connectivity index (χ0v) is 12.8. The predicted molar refractivity (Wildman–Crippen MR) is 75.7 cm³/mol. The number of aliphatic carboxylic acids is 1. The molecule has 1 saturated heterocycles. The molecule has 0 aliphatic carbocycles. The van der Waals surface area contributed by atoms with E-state index in [2.05, 4.69) is 21.2 Å². The van der Waals surface area contributed by atoms with Crippen molar-refractivity contribution in [3.05, 3.63) is 22.4 Å². The van der Waals surface area contributed by atoms with E-state index in [4.69, 9.17) is 4.74 Å². The van der Waals surface area contributed by atoms with Gasteiger partial charge in [-0.15, -0.1) is 0 Å². The van der Waals surface area contributed by atoms with Crippen molar-refractivity contribution >= 4 is 27.8 Å². The molecule has 20 heavy (non-hydrogen) atoms. The molecule has 6 nitrogen and oxygen atoms in total. The molecule has 1 aromatic heterocycles. The van der Waals surface area contributed by atoms with Crippen molar-refractivity contribution in [2.24, 2.45) is 0 Å². The summed E-state index contributed by atoms with van der Waals surface area (Å²) < 4.78 is 7.73. The van der Waals surface area contributed by atoms with Crippen LogP contribution in [0, 0.1) is 0 Å². The normalized spacial score (nSPS) is 21.9. The van der Waals surface area contributed by atoms with Gasteiger partial charge in [-0.2, -0.15) is 0 Å². The molecular weight excluding hydrogens is 328 g/mol. The van der Waals surface area contributed by atoms with Crippen LogP contribution >= 0.6 is 15.9 Å². The number of hydrogen-bond acceptors (Lipinski definition) is 3. The van der Waals surface area contributed by atoms with Gasteiger partial charge in [0.1, 0.15) is 5.69 Å². The molecule has 110 valence electrons. The van der Waals surface area contributed by atoms with Crippen LogP contribution in [0.25, 0.3) is 0 Å². The highest BCUT2D eigenvalue weighted by molar-refractivity contribution is 9.10. The second kappa shape index (κ2) is 5.97. The lowest BCUT2D eigenvalue weighted by atomic mass is 9.99. The number of nitrogens with zero attached hydrogens (tertiary/aromatic N) is 1. The molecule has 0 radical (unpaired) electrons. The van der Waals surface area contributed by atoms with E-state index in [1.54, 1.807) is 6.07 Å². The van der Waals surface area contributed by atoms with Gasteiger partial charge in [-0.25, -0.2) is 4.79 Å². The molecule has 1 atom stereocenters. The average molecular weight is 345 g/mol. The fraction of sp³-hybridized carbons (Fsp3) is 0.538. The second-order valence-corrected chi connectivity index (χ2v) is 5.80. The Bertz CT molecular complexity index is 520. The van der Waals surface area contributed by atoms with E-state index in [1.807, 2.05) is 17.7 Å². The smallest absolute Gasteiger partial charge is 0.331 e. The number of carboxylic acid groups (broad SMARTS) is 1. The molecule has 1 amide bonds. The average Bonchev–Trinajstić information content (AvgIpc) is 2.98. The van der Waals surface area contributed by atoms with E-state index in [9.17, 15) is 14.7 Å². The first-order valence-electron chi connectivity index (χ1n) is 6.48. The van der Waals surface area contributed by atoms with Crippen molar-refractivity contribution in [1.29, 1.82) is 0 Å². The molecule has 1 aliphatic heterocycles. The van der Waals surface area contributed by atoms with Crippen molar-refractivity contribution in [3.63, 3.8) is 0 Å². The first-order valence-corrected chi connectivity index (χ1v) is 7.27. The van der Waals surface area contributed by atoms with Gasteiger partial charge in [0.15, 0.2) is 5.54 Å². The van der Waals surface area contributed by atoms with Crippen LogP contribution in [0.4, 0.5) is 0 Å². The fourth-order valence-electron chi connectivity index (χ4n) is 2.26. The first kappa shape index (κ1) is 15.1. The molecule has 0 bridgehead atoms. The van der Waals surface area contributed by atoms with Gasteiger partial charge < -0.3 is 19.7 Å². The summed E-state index contributed by atoms with van der Waals surface area (Å²) in [5.41, 5.74) is -0.864. The fourth-order valence-corrected chi connectivity index (χ4v) is 2.72. The third kappa shape index (κ3) is 2.88. The third-order valence-electron chi connectivity index (χ3n) is 3.34. The van der Waals surface area contributed by atoms with Gasteiger partial charge in [-0.05, 0) is 28.4 Å². The molecule has 2 rings (SSSR count). The Hall–Kier alpha value is -1.34. The molecule has 7 heteroatoms. The molecule has 1 aliphatic rings. The maximum absolute atomic E-state index is 12.3. The van der Waals surface area contributed by atoms with Gasteiger partial charge in [-0.1, -0.05) is 6.92 Å². The summed E-state index contributed by atoms with van der Waals surface area (Å²) in [6.45, 7) is 3.06. The van der Waals surface area contributed by atoms with E-state index in [1.165, 1.54) is 0 Å². The molecule has 2 N–H and O–H groups in total. The Morgan fingerprint density at radius 2 is 2.35 bits per heavy atom. The van der Waals surface area contributed by atoms with Crippen LogP contribution in [0.3, 0.4) is 0 Å². The highest BCUT2D eigenvalue weighted by Crippen LogP contribution is 2.21. The molecule has 1 fully saturated rings. The summed E-state index contributed by atoms with van der Waals surface area (Å²) in [5, 5.41) is 11.9. The largest absolute Gasteiger partial charge is 0.479 e. The Morgan fingerprint density at radius 3 is 2.90 bits per heavy atom.